The highest BCUT2D eigenvalue weighted by Crippen LogP contribution is 2.21. The van der Waals surface area contributed by atoms with E-state index in [0.29, 0.717) is 6.54 Å². The number of carbonyl (C=O) groups excluding carboxylic acids is 2. The van der Waals surface area contributed by atoms with Crippen LogP contribution in [0.4, 0.5) is 0 Å². The Kier molecular flexibility index (Phi) is 5.99. The van der Waals surface area contributed by atoms with E-state index in [0.717, 1.165) is 11.3 Å². The summed E-state index contributed by atoms with van der Waals surface area (Å²) >= 11 is 0. The molecule has 0 aliphatic rings. The Morgan fingerprint density at radius 1 is 1.30 bits per heavy atom. The molecule has 0 saturated heterocycles. The molecule has 110 valence electrons. The average molecular weight is 280 g/mol. The van der Waals surface area contributed by atoms with Crippen LogP contribution in [0.2, 0.25) is 0 Å². The van der Waals surface area contributed by atoms with Crippen molar-refractivity contribution < 1.29 is 19.1 Å². The molecular weight excluding hydrogens is 260 g/mol. The molecule has 1 atom stereocenters. The van der Waals surface area contributed by atoms with E-state index in [9.17, 15) is 9.59 Å². The Hall–Kier alpha value is -2.08. The lowest BCUT2D eigenvalue weighted by molar-refractivity contribution is -0.152. The lowest BCUT2D eigenvalue weighted by Gasteiger charge is -2.25. The van der Waals surface area contributed by atoms with Crippen LogP contribution in [-0.2, 0) is 14.3 Å². The lowest BCUT2D eigenvalue weighted by Crippen LogP contribution is -2.38. The molecule has 0 aliphatic carbocycles. The Balaban J connectivity index is 2.79. The van der Waals surface area contributed by atoms with Crippen molar-refractivity contribution >= 4 is 11.9 Å². The molecule has 0 heterocycles. The number of carbonyl (C=O) groups is 2. The molecule has 6 heteroatoms. The molecule has 1 rings (SSSR count). The van der Waals surface area contributed by atoms with Gasteiger partial charge >= 0.3 is 11.9 Å². The molecule has 0 bridgehead atoms. The zero-order chi connectivity index (χ0) is 15.1. The van der Waals surface area contributed by atoms with Crippen LogP contribution in [0.5, 0.6) is 5.75 Å². The monoisotopic (exact) mass is 280 g/mol. The first-order chi connectivity index (χ1) is 9.49. The Morgan fingerprint density at radius 3 is 2.55 bits per heavy atom. The van der Waals surface area contributed by atoms with Crippen LogP contribution < -0.4 is 10.1 Å². The third-order valence-electron chi connectivity index (χ3n) is 2.93. The molecule has 0 saturated carbocycles. The molecule has 6 nitrogen and oxygen atoms in total. The molecule has 1 amide bonds. The standard InChI is InChI=1S/C14H20N2O4/c1-16(2)12(9-15-13(17)14(18)20-4)10-6-5-7-11(8-10)19-3/h5-8,12H,9H2,1-4H3,(H,15,17). The van der Waals surface area contributed by atoms with Gasteiger partial charge < -0.3 is 19.7 Å². The van der Waals surface area contributed by atoms with Gasteiger partial charge in [-0.05, 0) is 31.8 Å². The SMILES string of the molecule is COC(=O)C(=O)NCC(c1cccc(OC)c1)N(C)C. The third kappa shape index (κ3) is 4.24. The summed E-state index contributed by atoms with van der Waals surface area (Å²) < 4.78 is 9.55. The Morgan fingerprint density at radius 2 is 2.00 bits per heavy atom. The molecule has 1 unspecified atom stereocenters. The van der Waals surface area contributed by atoms with E-state index in [1.807, 2.05) is 43.3 Å². The van der Waals surface area contributed by atoms with Crippen molar-refractivity contribution in [1.82, 2.24) is 10.2 Å². The number of esters is 1. The van der Waals surface area contributed by atoms with Gasteiger partial charge in [0, 0.05) is 6.54 Å². The van der Waals surface area contributed by atoms with E-state index < -0.39 is 11.9 Å². The Labute approximate surface area is 118 Å². The van der Waals surface area contributed by atoms with Gasteiger partial charge in [-0.1, -0.05) is 12.1 Å². The van der Waals surface area contributed by atoms with Gasteiger partial charge in [0.05, 0.1) is 20.3 Å². The highest BCUT2D eigenvalue weighted by Gasteiger charge is 2.19. The molecule has 20 heavy (non-hydrogen) atoms. The number of rotatable bonds is 5. The van der Waals surface area contributed by atoms with Gasteiger partial charge in [0.15, 0.2) is 0 Å². The predicted molar refractivity (Wildman–Crippen MR) is 74.4 cm³/mol. The number of hydrogen-bond acceptors (Lipinski definition) is 5. The molecule has 0 aromatic heterocycles. The van der Waals surface area contributed by atoms with Crippen LogP contribution in [0.1, 0.15) is 11.6 Å². The number of amides is 1. The minimum Gasteiger partial charge on any atom is -0.497 e. The van der Waals surface area contributed by atoms with Crippen molar-refractivity contribution in [2.24, 2.45) is 0 Å². The van der Waals surface area contributed by atoms with E-state index in [2.05, 4.69) is 10.1 Å². The summed E-state index contributed by atoms with van der Waals surface area (Å²) in [5.74, 6) is -0.899. The van der Waals surface area contributed by atoms with E-state index in [1.54, 1.807) is 7.11 Å². The van der Waals surface area contributed by atoms with E-state index in [4.69, 9.17) is 4.74 Å². The summed E-state index contributed by atoms with van der Waals surface area (Å²) in [5.41, 5.74) is 0.986. The summed E-state index contributed by atoms with van der Waals surface area (Å²) in [6.45, 7) is 0.300. The van der Waals surface area contributed by atoms with Gasteiger partial charge in [-0.25, -0.2) is 4.79 Å². The van der Waals surface area contributed by atoms with E-state index in [1.165, 1.54) is 7.11 Å². The van der Waals surface area contributed by atoms with Gasteiger partial charge in [-0.3, -0.25) is 4.79 Å². The van der Waals surface area contributed by atoms with Gasteiger partial charge in [0.25, 0.3) is 0 Å². The van der Waals surface area contributed by atoms with Crippen molar-refractivity contribution in [2.75, 3.05) is 34.9 Å². The topological polar surface area (TPSA) is 67.9 Å². The maximum atomic E-state index is 11.4. The van der Waals surface area contributed by atoms with Crippen LogP contribution in [0.3, 0.4) is 0 Å². The molecule has 0 spiro atoms. The molecule has 0 radical (unpaired) electrons. The van der Waals surface area contributed by atoms with Crippen molar-refractivity contribution in [3.8, 4) is 5.75 Å². The number of nitrogens with one attached hydrogen (secondary N) is 1. The molecule has 1 aromatic rings. The smallest absolute Gasteiger partial charge is 0.396 e. The maximum absolute atomic E-state index is 11.4. The highest BCUT2D eigenvalue weighted by molar-refractivity contribution is 6.32. The summed E-state index contributed by atoms with van der Waals surface area (Å²) in [4.78, 5) is 24.4. The minimum atomic E-state index is -0.895. The van der Waals surface area contributed by atoms with Crippen molar-refractivity contribution in [3.63, 3.8) is 0 Å². The minimum absolute atomic E-state index is 0.0706. The number of hydrogen-bond donors (Lipinski definition) is 1. The predicted octanol–water partition coefficient (Wildman–Crippen LogP) is 0.587. The first-order valence-corrected chi connectivity index (χ1v) is 6.16. The number of benzene rings is 1. The second-order valence-corrected chi connectivity index (χ2v) is 4.46. The van der Waals surface area contributed by atoms with Crippen LogP contribution >= 0.6 is 0 Å². The van der Waals surface area contributed by atoms with Crippen LogP contribution in [0.15, 0.2) is 24.3 Å². The fraction of sp³-hybridized carbons (Fsp3) is 0.429. The average Bonchev–Trinajstić information content (AvgIpc) is 2.46. The van der Waals surface area contributed by atoms with Crippen molar-refractivity contribution in [1.29, 1.82) is 0 Å². The lowest BCUT2D eigenvalue weighted by atomic mass is 10.1. The highest BCUT2D eigenvalue weighted by atomic mass is 16.5. The fourth-order valence-corrected chi connectivity index (χ4v) is 1.80. The van der Waals surface area contributed by atoms with Gasteiger partial charge in [0.1, 0.15) is 5.75 Å². The molecular formula is C14H20N2O4. The first-order valence-electron chi connectivity index (χ1n) is 6.16. The number of nitrogens with zero attached hydrogens (tertiary/aromatic N) is 1. The number of methoxy groups -OCH3 is 2. The number of ether oxygens (including phenoxy) is 2. The fourth-order valence-electron chi connectivity index (χ4n) is 1.80. The van der Waals surface area contributed by atoms with Crippen LogP contribution in [0, 0.1) is 0 Å². The summed E-state index contributed by atoms with van der Waals surface area (Å²) in [6, 6.07) is 7.50. The molecule has 1 aromatic carbocycles. The zero-order valence-electron chi connectivity index (χ0n) is 12.2. The Bertz CT molecular complexity index is 474. The second kappa shape index (κ2) is 7.49. The second-order valence-electron chi connectivity index (χ2n) is 4.46. The molecule has 1 N–H and O–H groups in total. The maximum Gasteiger partial charge on any atom is 0.396 e. The van der Waals surface area contributed by atoms with Crippen molar-refractivity contribution in [2.45, 2.75) is 6.04 Å². The van der Waals surface area contributed by atoms with Gasteiger partial charge in [0.2, 0.25) is 0 Å². The third-order valence-corrected chi connectivity index (χ3v) is 2.93. The summed E-state index contributed by atoms with van der Waals surface area (Å²) in [7, 11) is 6.57. The number of likely N-dealkylation sites (N-methyl/N-ethyl adjacent to an activating group) is 1. The summed E-state index contributed by atoms with van der Waals surface area (Å²) in [5, 5.41) is 2.55. The van der Waals surface area contributed by atoms with E-state index >= 15 is 0 Å². The van der Waals surface area contributed by atoms with Gasteiger partial charge in [-0.2, -0.15) is 0 Å². The molecule has 0 fully saturated rings. The molecule has 0 aliphatic heterocycles. The summed E-state index contributed by atoms with van der Waals surface area (Å²) in [6.07, 6.45) is 0. The van der Waals surface area contributed by atoms with Crippen molar-refractivity contribution in [3.05, 3.63) is 29.8 Å². The van der Waals surface area contributed by atoms with Crippen LogP contribution in [-0.4, -0.2) is 51.6 Å². The van der Waals surface area contributed by atoms with E-state index in [-0.39, 0.29) is 6.04 Å². The quantitative estimate of drug-likeness (QED) is 0.631. The zero-order valence-corrected chi connectivity index (χ0v) is 12.2. The largest absolute Gasteiger partial charge is 0.497 e. The van der Waals surface area contributed by atoms with Crippen LogP contribution in [0.25, 0.3) is 0 Å². The van der Waals surface area contributed by atoms with Gasteiger partial charge in [-0.15, -0.1) is 0 Å². The first kappa shape index (κ1) is 16.0. The normalized spacial score (nSPS) is 11.8.